The highest BCUT2D eigenvalue weighted by atomic mass is 16.1. The predicted octanol–water partition coefficient (Wildman–Crippen LogP) is 4.79. The number of carbonyl (C=O) groups excluding carboxylic acids is 1. The molecule has 0 aliphatic heterocycles. The van der Waals surface area contributed by atoms with E-state index in [4.69, 9.17) is 0 Å². The first kappa shape index (κ1) is 25.2. The molecule has 0 spiro atoms. The van der Waals surface area contributed by atoms with E-state index in [0.717, 1.165) is 28.2 Å². The summed E-state index contributed by atoms with van der Waals surface area (Å²) in [6.07, 6.45) is 4.80. The molecule has 0 unspecified atom stereocenters. The van der Waals surface area contributed by atoms with E-state index >= 15 is 0 Å². The van der Waals surface area contributed by atoms with E-state index in [0.29, 0.717) is 33.8 Å². The lowest BCUT2D eigenvalue weighted by molar-refractivity contribution is 0.102. The molecule has 184 valence electrons. The van der Waals surface area contributed by atoms with Crippen molar-refractivity contribution >= 4 is 11.6 Å². The van der Waals surface area contributed by atoms with Crippen LogP contribution in [0.3, 0.4) is 0 Å². The molecule has 0 aromatic carbocycles. The number of nitrogens with zero attached hydrogens (tertiary/aromatic N) is 7. The molecular weight excluding hydrogens is 464 g/mol. The average Bonchev–Trinajstić information content (AvgIpc) is 3.15. The minimum absolute atomic E-state index is 0.345. The molecule has 0 aliphatic rings. The molecular formula is C28H26N8O. The number of anilines is 1. The SMILES string of the molecule is Cc1ncc(NC(=O)c2ccnc(C(C)(C)C#N)c2)cc1-c1cnc(-c2c(C)nn(C)c2C)c(C#N)c1. The third-order valence-corrected chi connectivity index (χ3v) is 6.35. The van der Waals surface area contributed by atoms with Crippen LogP contribution in [-0.4, -0.2) is 30.6 Å². The molecule has 4 heterocycles. The molecule has 0 saturated carbocycles. The molecule has 4 rings (SSSR count). The maximum Gasteiger partial charge on any atom is 0.255 e. The third kappa shape index (κ3) is 4.80. The van der Waals surface area contributed by atoms with E-state index in [1.54, 1.807) is 55.2 Å². The Kier molecular flexibility index (Phi) is 6.56. The molecule has 0 atom stereocenters. The number of carbonyl (C=O) groups is 1. The monoisotopic (exact) mass is 490 g/mol. The van der Waals surface area contributed by atoms with Crippen LogP contribution in [0.4, 0.5) is 5.69 Å². The van der Waals surface area contributed by atoms with Gasteiger partial charge in [0.2, 0.25) is 0 Å². The summed E-state index contributed by atoms with van der Waals surface area (Å²) in [6, 6.07) is 11.3. The van der Waals surface area contributed by atoms with Gasteiger partial charge in [0, 0.05) is 53.1 Å². The zero-order chi connectivity index (χ0) is 26.9. The summed E-state index contributed by atoms with van der Waals surface area (Å²) in [5.41, 5.74) is 6.33. The maximum atomic E-state index is 13.0. The van der Waals surface area contributed by atoms with Crippen LogP contribution in [0.25, 0.3) is 22.4 Å². The van der Waals surface area contributed by atoms with Crippen molar-refractivity contribution in [2.45, 2.75) is 40.0 Å². The van der Waals surface area contributed by atoms with Gasteiger partial charge >= 0.3 is 0 Å². The van der Waals surface area contributed by atoms with Gasteiger partial charge in [-0.25, -0.2) is 0 Å². The van der Waals surface area contributed by atoms with Gasteiger partial charge in [0.05, 0.1) is 46.0 Å². The average molecular weight is 491 g/mol. The predicted molar refractivity (Wildman–Crippen MR) is 139 cm³/mol. The van der Waals surface area contributed by atoms with E-state index < -0.39 is 5.41 Å². The second kappa shape index (κ2) is 9.63. The Morgan fingerprint density at radius 3 is 2.43 bits per heavy atom. The molecule has 0 radical (unpaired) electrons. The quantitative estimate of drug-likeness (QED) is 0.425. The van der Waals surface area contributed by atoms with E-state index in [1.165, 1.54) is 6.20 Å². The number of aryl methyl sites for hydroxylation is 3. The molecule has 1 amide bonds. The Balaban J connectivity index is 1.67. The fourth-order valence-corrected chi connectivity index (χ4v) is 4.08. The molecule has 0 bridgehead atoms. The number of nitriles is 2. The van der Waals surface area contributed by atoms with Gasteiger partial charge in [0.15, 0.2) is 0 Å². The van der Waals surface area contributed by atoms with Crippen molar-refractivity contribution in [2.24, 2.45) is 7.05 Å². The van der Waals surface area contributed by atoms with Gasteiger partial charge < -0.3 is 5.32 Å². The standard InChI is InChI=1S/C28H26N8O/c1-16-23(21-9-20(12-29)26(33-13-21)25-17(2)35-36(6)18(25)3)11-22(14-32-16)34-27(37)19-7-8-31-24(10-19)28(4,5)15-30/h7-11,13-14H,1-6H3,(H,34,37). The molecule has 0 saturated heterocycles. The van der Waals surface area contributed by atoms with Crippen LogP contribution < -0.4 is 5.32 Å². The van der Waals surface area contributed by atoms with Crippen molar-refractivity contribution in [1.29, 1.82) is 10.5 Å². The lowest BCUT2D eigenvalue weighted by atomic mass is 9.90. The van der Waals surface area contributed by atoms with E-state index in [2.05, 4.69) is 37.5 Å². The third-order valence-electron chi connectivity index (χ3n) is 6.35. The lowest BCUT2D eigenvalue weighted by Gasteiger charge is -2.15. The van der Waals surface area contributed by atoms with Crippen molar-refractivity contribution in [2.75, 3.05) is 5.32 Å². The van der Waals surface area contributed by atoms with Gasteiger partial charge in [-0.1, -0.05) is 0 Å². The number of hydrogen-bond acceptors (Lipinski definition) is 7. The van der Waals surface area contributed by atoms with Crippen LogP contribution in [0.1, 0.15) is 52.5 Å². The zero-order valence-electron chi connectivity index (χ0n) is 21.6. The summed E-state index contributed by atoms with van der Waals surface area (Å²) in [5.74, 6) is -0.345. The van der Waals surface area contributed by atoms with Crippen LogP contribution in [0.15, 0.2) is 42.9 Å². The van der Waals surface area contributed by atoms with Crippen molar-refractivity contribution < 1.29 is 4.79 Å². The van der Waals surface area contributed by atoms with Gasteiger partial charge in [-0.3, -0.25) is 24.4 Å². The fraction of sp³-hybridized carbons (Fsp3) is 0.250. The molecule has 9 nitrogen and oxygen atoms in total. The first-order valence-corrected chi connectivity index (χ1v) is 11.6. The molecule has 0 aliphatic carbocycles. The Bertz CT molecular complexity index is 1620. The number of pyridine rings is 3. The number of hydrogen-bond donors (Lipinski definition) is 1. The summed E-state index contributed by atoms with van der Waals surface area (Å²) in [7, 11) is 1.86. The number of rotatable bonds is 5. The minimum atomic E-state index is -0.820. The first-order chi connectivity index (χ1) is 17.6. The summed E-state index contributed by atoms with van der Waals surface area (Å²) < 4.78 is 1.77. The summed E-state index contributed by atoms with van der Waals surface area (Å²) >= 11 is 0. The number of aromatic nitrogens is 5. The Morgan fingerprint density at radius 2 is 1.78 bits per heavy atom. The number of amides is 1. The van der Waals surface area contributed by atoms with Crippen LogP contribution in [0.2, 0.25) is 0 Å². The Hall–Kier alpha value is -4.89. The van der Waals surface area contributed by atoms with Crippen molar-refractivity contribution in [3.05, 3.63) is 76.8 Å². The van der Waals surface area contributed by atoms with Crippen molar-refractivity contribution in [3.63, 3.8) is 0 Å². The largest absolute Gasteiger partial charge is 0.321 e. The zero-order valence-corrected chi connectivity index (χ0v) is 21.6. The second-order valence-electron chi connectivity index (χ2n) is 9.38. The number of nitrogens with one attached hydrogen (secondary N) is 1. The second-order valence-corrected chi connectivity index (χ2v) is 9.38. The van der Waals surface area contributed by atoms with Gasteiger partial charge in [-0.05, 0) is 58.9 Å². The Morgan fingerprint density at radius 1 is 1.03 bits per heavy atom. The van der Waals surface area contributed by atoms with E-state index in [1.807, 2.05) is 27.8 Å². The molecule has 37 heavy (non-hydrogen) atoms. The maximum absolute atomic E-state index is 13.0. The highest BCUT2D eigenvalue weighted by Crippen LogP contribution is 2.32. The van der Waals surface area contributed by atoms with Crippen LogP contribution >= 0.6 is 0 Å². The smallest absolute Gasteiger partial charge is 0.255 e. The fourth-order valence-electron chi connectivity index (χ4n) is 4.08. The molecule has 0 fully saturated rings. The molecule has 4 aromatic heterocycles. The van der Waals surface area contributed by atoms with Gasteiger partial charge in [-0.2, -0.15) is 15.6 Å². The minimum Gasteiger partial charge on any atom is -0.321 e. The molecule has 1 N–H and O–H groups in total. The normalized spacial score (nSPS) is 11.0. The van der Waals surface area contributed by atoms with Crippen LogP contribution in [0, 0.1) is 43.4 Å². The summed E-state index contributed by atoms with van der Waals surface area (Å²) in [5, 5.41) is 26.6. The topological polar surface area (TPSA) is 133 Å². The van der Waals surface area contributed by atoms with Crippen LogP contribution in [-0.2, 0) is 12.5 Å². The van der Waals surface area contributed by atoms with Crippen molar-refractivity contribution in [1.82, 2.24) is 24.7 Å². The van der Waals surface area contributed by atoms with E-state index in [-0.39, 0.29) is 5.91 Å². The van der Waals surface area contributed by atoms with Gasteiger partial charge in [-0.15, -0.1) is 0 Å². The Labute approximate surface area is 215 Å². The summed E-state index contributed by atoms with van der Waals surface area (Å²) in [4.78, 5) is 26.3. The lowest BCUT2D eigenvalue weighted by Crippen LogP contribution is -2.18. The molecule has 4 aromatic rings. The van der Waals surface area contributed by atoms with Gasteiger partial charge in [0.1, 0.15) is 6.07 Å². The summed E-state index contributed by atoms with van der Waals surface area (Å²) in [6.45, 7) is 9.19. The highest BCUT2D eigenvalue weighted by molar-refractivity contribution is 6.04. The highest BCUT2D eigenvalue weighted by Gasteiger charge is 2.23. The van der Waals surface area contributed by atoms with Crippen molar-refractivity contribution in [3.8, 4) is 34.5 Å². The van der Waals surface area contributed by atoms with Crippen LogP contribution in [0.5, 0.6) is 0 Å². The first-order valence-electron chi connectivity index (χ1n) is 11.6. The molecule has 9 heteroatoms. The van der Waals surface area contributed by atoms with E-state index in [9.17, 15) is 15.3 Å². The van der Waals surface area contributed by atoms with Gasteiger partial charge in [0.25, 0.3) is 5.91 Å².